The number of hydrogen-bond acceptors (Lipinski definition) is 4. The number of rotatable bonds is 7. The van der Waals surface area contributed by atoms with E-state index in [-0.39, 0.29) is 22.7 Å². The fourth-order valence-electron chi connectivity index (χ4n) is 3.06. The van der Waals surface area contributed by atoms with Crippen molar-refractivity contribution in [2.45, 2.75) is 17.7 Å². The second-order valence-corrected chi connectivity index (χ2v) is 8.40. The molecule has 0 aliphatic rings. The van der Waals surface area contributed by atoms with Crippen LogP contribution in [-0.4, -0.2) is 20.2 Å². The molecule has 0 fully saturated rings. The van der Waals surface area contributed by atoms with Crippen molar-refractivity contribution in [1.29, 1.82) is 0 Å². The number of halogens is 1. The van der Waals surface area contributed by atoms with Gasteiger partial charge in [0.15, 0.2) is 0 Å². The van der Waals surface area contributed by atoms with Gasteiger partial charge in [0.05, 0.1) is 16.1 Å². The van der Waals surface area contributed by atoms with Gasteiger partial charge >= 0.3 is 0 Å². The first kappa shape index (κ1) is 22.1. The quantitative estimate of drug-likeness (QED) is 0.383. The Morgan fingerprint density at radius 2 is 1.65 bits per heavy atom. The van der Waals surface area contributed by atoms with Gasteiger partial charge in [-0.1, -0.05) is 36.4 Å². The predicted molar refractivity (Wildman–Crippen MR) is 118 cm³/mol. The fourth-order valence-corrected chi connectivity index (χ4v) is 3.82. The van der Waals surface area contributed by atoms with Crippen molar-refractivity contribution in [1.82, 2.24) is 0 Å². The van der Waals surface area contributed by atoms with Gasteiger partial charge < -0.3 is 11.5 Å². The summed E-state index contributed by atoms with van der Waals surface area (Å²) >= 11 is 0. The number of amidine groups is 1. The Balaban J connectivity index is 1.89. The molecule has 3 rings (SSSR count). The third-order valence-corrected chi connectivity index (χ3v) is 5.56. The number of carbonyl (C=O) groups is 1. The van der Waals surface area contributed by atoms with Crippen LogP contribution in [0.4, 0.5) is 10.1 Å². The lowest BCUT2D eigenvalue weighted by Crippen LogP contribution is -2.16. The Morgan fingerprint density at radius 3 is 2.29 bits per heavy atom. The number of sulfonamides is 1. The van der Waals surface area contributed by atoms with E-state index in [4.69, 9.17) is 16.6 Å². The van der Waals surface area contributed by atoms with E-state index in [9.17, 15) is 17.6 Å². The van der Waals surface area contributed by atoms with Crippen LogP contribution >= 0.6 is 0 Å². The summed E-state index contributed by atoms with van der Waals surface area (Å²) in [5.41, 5.74) is 13.5. The fraction of sp³-hybridized carbons (Fsp3) is 0.0909. The van der Waals surface area contributed by atoms with E-state index in [1.807, 2.05) is 0 Å². The van der Waals surface area contributed by atoms with Crippen molar-refractivity contribution in [2.75, 3.05) is 0 Å². The van der Waals surface area contributed by atoms with Crippen molar-refractivity contribution in [3.8, 4) is 11.1 Å². The number of benzene rings is 3. The lowest BCUT2D eigenvalue weighted by molar-refractivity contribution is -0.117. The molecule has 3 aromatic carbocycles. The smallest absolute Gasteiger partial charge is 0.238 e. The molecule has 6 N–H and O–H groups in total. The normalized spacial score (nSPS) is 12.0. The Bertz CT molecular complexity index is 1260. The second kappa shape index (κ2) is 9.07. The summed E-state index contributed by atoms with van der Waals surface area (Å²) in [6.45, 7) is 0. The topological polar surface area (TPSA) is 142 Å². The summed E-state index contributed by atoms with van der Waals surface area (Å²) in [4.78, 5) is 15.2. The first-order valence-corrected chi connectivity index (χ1v) is 10.8. The number of nitrogens with two attached hydrogens (primary N) is 3. The first-order valence-electron chi connectivity index (χ1n) is 9.28. The van der Waals surface area contributed by atoms with E-state index in [1.165, 1.54) is 18.2 Å². The van der Waals surface area contributed by atoms with Crippen molar-refractivity contribution < 1.29 is 17.6 Å². The zero-order valence-electron chi connectivity index (χ0n) is 16.5. The van der Waals surface area contributed by atoms with Crippen molar-refractivity contribution >= 4 is 27.5 Å². The molecule has 9 heteroatoms. The summed E-state index contributed by atoms with van der Waals surface area (Å²) in [5.74, 6) is -1.02. The molecule has 0 saturated heterocycles. The number of primary sulfonamides is 1. The van der Waals surface area contributed by atoms with E-state index in [2.05, 4.69) is 4.99 Å². The summed E-state index contributed by atoms with van der Waals surface area (Å²) in [6, 6.07) is 17.4. The number of carbonyl (C=O) groups excluding carboxylic acids is 1. The molecule has 3 aromatic rings. The molecule has 7 nitrogen and oxygen atoms in total. The number of primary amides is 1. The standard InChI is InChI=1S/C22H21FN4O3S/c23-19-11-5-14(6-12-21(24)28)13-18(19)22(25)27-16-9-7-15(8-10-16)17-3-1-2-4-20(17)31(26,29)30/h1-5,7-11,13H,6,12H2,(H2,24,28)(H2,25,27)(H2,26,29,30). The molecule has 0 aliphatic carbocycles. The van der Waals surface area contributed by atoms with Gasteiger partial charge in [0.25, 0.3) is 0 Å². The van der Waals surface area contributed by atoms with Crippen LogP contribution < -0.4 is 16.6 Å². The lowest BCUT2D eigenvalue weighted by atomic mass is 10.0. The van der Waals surface area contributed by atoms with E-state index in [0.29, 0.717) is 28.8 Å². The molecule has 0 spiro atoms. The van der Waals surface area contributed by atoms with Gasteiger partial charge in [0.1, 0.15) is 11.7 Å². The third kappa shape index (κ3) is 5.53. The van der Waals surface area contributed by atoms with Crippen molar-refractivity contribution in [2.24, 2.45) is 21.6 Å². The minimum absolute atomic E-state index is 0.0145. The van der Waals surface area contributed by atoms with Gasteiger partial charge in [0.2, 0.25) is 15.9 Å². The van der Waals surface area contributed by atoms with E-state index >= 15 is 0 Å². The number of hydrogen-bond donors (Lipinski definition) is 3. The summed E-state index contributed by atoms with van der Waals surface area (Å²) in [6.07, 6.45) is 0.512. The van der Waals surface area contributed by atoms with Crippen LogP contribution in [0, 0.1) is 5.82 Å². The molecular weight excluding hydrogens is 419 g/mol. The van der Waals surface area contributed by atoms with E-state index in [1.54, 1.807) is 48.5 Å². The minimum atomic E-state index is -3.88. The largest absolute Gasteiger partial charge is 0.383 e. The van der Waals surface area contributed by atoms with Crippen LogP contribution in [0.5, 0.6) is 0 Å². The SMILES string of the molecule is NC(=O)CCc1ccc(F)c(C(N)=Nc2ccc(-c3ccccc3S(N)(=O)=O)cc2)c1. The molecule has 0 bridgehead atoms. The number of aliphatic imine (C=N–C) groups is 1. The van der Waals surface area contributed by atoms with Gasteiger partial charge in [-0.05, 0) is 47.9 Å². The third-order valence-electron chi connectivity index (χ3n) is 4.59. The van der Waals surface area contributed by atoms with Crippen molar-refractivity contribution in [3.05, 3.63) is 83.7 Å². The van der Waals surface area contributed by atoms with Crippen LogP contribution in [0.1, 0.15) is 17.5 Å². The molecule has 0 aromatic heterocycles. The summed E-state index contributed by atoms with van der Waals surface area (Å²) in [7, 11) is -3.88. The molecular formula is C22H21FN4O3S. The Kier molecular flexibility index (Phi) is 6.47. The molecule has 0 atom stereocenters. The maximum atomic E-state index is 14.2. The number of nitrogens with zero attached hydrogens (tertiary/aromatic N) is 1. The van der Waals surface area contributed by atoms with Crippen LogP contribution in [-0.2, 0) is 21.2 Å². The lowest BCUT2D eigenvalue weighted by Gasteiger charge is -2.09. The second-order valence-electron chi connectivity index (χ2n) is 6.87. The van der Waals surface area contributed by atoms with Crippen LogP contribution in [0.2, 0.25) is 0 Å². The average Bonchev–Trinajstić information content (AvgIpc) is 2.73. The molecule has 0 heterocycles. The molecule has 160 valence electrons. The Labute approximate surface area is 179 Å². The van der Waals surface area contributed by atoms with Crippen molar-refractivity contribution in [3.63, 3.8) is 0 Å². The molecule has 1 amide bonds. The molecule has 0 radical (unpaired) electrons. The number of aryl methyl sites for hydroxylation is 1. The van der Waals surface area contributed by atoms with Gasteiger partial charge in [-0.3, -0.25) is 4.79 Å². The highest BCUT2D eigenvalue weighted by atomic mass is 32.2. The minimum Gasteiger partial charge on any atom is -0.383 e. The van der Waals surface area contributed by atoms with E-state index in [0.717, 1.165) is 0 Å². The molecule has 0 aliphatic heterocycles. The molecule has 0 saturated carbocycles. The highest BCUT2D eigenvalue weighted by Gasteiger charge is 2.14. The molecule has 31 heavy (non-hydrogen) atoms. The van der Waals surface area contributed by atoms with Gasteiger partial charge in [0, 0.05) is 12.0 Å². The highest BCUT2D eigenvalue weighted by Crippen LogP contribution is 2.28. The summed E-state index contributed by atoms with van der Waals surface area (Å²) < 4.78 is 37.9. The summed E-state index contributed by atoms with van der Waals surface area (Å²) in [5, 5.41) is 5.29. The van der Waals surface area contributed by atoms with Gasteiger partial charge in [-0.25, -0.2) is 22.9 Å². The molecule has 0 unspecified atom stereocenters. The van der Waals surface area contributed by atoms with Gasteiger partial charge in [-0.15, -0.1) is 0 Å². The van der Waals surface area contributed by atoms with Crippen LogP contribution in [0.3, 0.4) is 0 Å². The first-order chi connectivity index (χ1) is 14.6. The van der Waals surface area contributed by atoms with E-state index < -0.39 is 21.7 Å². The monoisotopic (exact) mass is 440 g/mol. The zero-order valence-corrected chi connectivity index (χ0v) is 17.3. The average molecular weight is 441 g/mol. The zero-order chi connectivity index (χ0) is 22.6. The number of amides is 1. The maximum Gasteiger partial charge on any atom is 0.238 e. The van der Waals surface area contributed by atoms with Crippen LogP contribution in [0.25, 0.3) is 11.1 Å². The predicted octanol–water partition coefficient (Wildman–Crippen LogP) is 2.60. The Morgan fingerprint density at radius 1 is 0.968 bits per heavy atom. The van der Waals surface area contributed by atoms with Crippen LogP contribution in [0.15, 0.2) is 76.6 Å². The maximum absolute atomic E-state index is 14.2. The Hall–Kier alpha value is -3.56. The van der Waals surface area contributed by atoms with Gasteiger partial charge in [-0.2, -0.15) is 0 Å². The highest BCUT2D eigenvalue weighted by molar-refractivity contribution is 7.89.